The lowest BCUT2D eigenvalue weighted by molar-refractivity contribution is -0.122. The smallest absolute Gasteiger partial charge is 0.252 e. The van der Waals surface area contributed by atoms with Gasteiger partial charge in [-0.3, -0.25) is 9.59 Å². The second-order valence-electron chi connectivity index (χ2n) is 7.81. The number of carbonyl (C=O) groups excluding carboxylic acids is 2. The number of anilines is 1. The van der Waals surface area contributed by atoms with Gasteiger partial charge in [-0.25, -0.2) is 17.7 Å². The number of hydrogen-bond acceptors (Lipinski definition) is 6. The molecule has 3 aromatic rings. The van der Waals surface area contributed by atoms with Crippen LogP contribution in [0.5, 0.6) is 11.5 Å². The number of benzene rings is 3. The van der Waals surface area contributed by atoms with E-state index in [0.29, 0.717) is 17.1 Å². The van der Waals surface area contributed by atoms with Crippen molar-refractivity contribution in [1.82, 2.24) is 4.31 Å². The third kappa shape index (κ3) is 3.91. The molecule has 1 saturated heterocycles. The minimum Gasteiger partial charge on any atom is -0.454 e. The molecule has 0 radical (unpaired) electrons. The molecule has 2 aliphatic rings. The Kier molecular flexibility index (Phi) is 5.54. The molecule has 0 aliphatic carbocycles. The van der Waals surface area contributed by atoms with Crippen LogP contribution in [0.25, 0.3) is 0 Å². The van der Waals surface area contributed by atoms with Gasteiger partial charge < -0.3 is 9.47 Å². The highest BCUT2D eigenvalue weighted by Gasteiger charge is 2.47. The standard InChI is InChI=1S/C24H19FN2O6S/c25-17-7-9-18(10-8-17)27-23(28)13-20(24(27)29)26(34(30,31)19-4-2-1-3-5-19)14-16-6-11-21-22(12-16)33-15-32-21/h1-12,20H,13-15H2. The van der Waals surface area contributed by atoms with Gasteiger partial charge in [0.05, 0.1) is 17.0 Å². The highest BCUT2D eigenvalue weighted by molar-refractivity contribution is 7.89. The molecule has 0 saturated carbocycles. The van der Waals surface area contributed by atoms with Gasteiger partial charge in [-0.15, -0.1) is 0 Å². The van der Waals surface area contributed by atoms with Crippen molar-refractivity contribution in [1.29, 1.82) is 0 Å². The molecule has 8 nitrogen and oxygen atoms in total. The molecule has 0 aromatic heterocycles. The zero-order chi connectivity index (χ0) is 23.9. The summed E-state index contributed by atoms with van der Waals surface area (Å²) >= 11 is 0. The number of hydrogen-bond donors (Lipinski definition) is 0. The van der Waals surface area contributed by atoms with E-state index in [1.165, 1.54) is 24.3 Å². The van der Waals surface area contributed by atoms with Crippen molar-refractivity contribution in [3.8, 4) is 11.5 Å². The predicted molar refractivity (Wildman–Crippen MR) is 119 cm³/mol. The van der Waals surface area contributed by atoms with Gasteiger partial charge in [0.1, 0.15) is 11.9 Å². The number of rotatable bonds is 6. The molecule has 2 heterocycles. The molecule has 2 amide bonds. The van der Waals surface area contributed by atoms with Gasteiger partial charge in [0, 0.05) is 6.54 Å². The van der Waals surface area contributed by atoms with E-state index in [-0.39, 0.29) is 30.3 Å². The van der Waals surface area contributed by atoms with Crippen LogP contribution in [0.2, 0.25) is 0 Å². The van der Waals surface area contributed by atoms with Crippen molar-refractivity contribution >= 4 is 27.5 Å². The average Bonchev–Trinajstić information content (AvgIpc) is 3.42. The average molecular weight is 482 g/mol. The topological polar surface area (TPSA) is 93.2 Å². The number of imide groups is 1. The number of amides is 2. The van der Waals surface area contributed by atoms with E-state index in [2.05, 4.69) is 0 Å². The van der Waals surface area contributed by atoms with Crippen LogP contribution in [0.3, 0.4) is 0 Å². The zero-order valence-corrected chi connectivity index (χ0v) is 18.6. The Bertz CT molecular complexity index is 1360. The molecule has 10 heteroatoms. The molecular formula is C24H19FN2O6S. The molecule has 34 heavy (non-hydrogen) atoms. The van der Waals surface area contributed by atoms with Crippen LogP contribution in [0, 0.1) is 5.82 Å². The molecule has 0 N–H and O–H groups in total. The first-order valence-electron chi connectivity index (χ1n) is 10.4. The summed E-state index contributed by atoms with van der Waals surface area (Å²) in [7, 11) is -4.16. The van der Waals surface area contributed by atoms with Crippen molar-refractivity contribution in [2.75, 3.05) is 11.7 Å². The number of sulfonamides is 1. The van der Waals surface area contributed by atoms with Crippen LogP contribution in [-0.4, -0.2) is 37.4 Å². The Labute approximate surface area is 195 Å². The quantitative estimate of drug-likeness (QED) is 0.502. The van der Waals surface area contributed by atoms with Crippen molar-refractivity contribution in [2.24, 2.45) is 0 Å². The molecule has 174 valence electrons. The fourth-order valence-electron chi connectivity index (χ4n) is 4.01. The fraction of sp³-hybridized carbons (Fsp3) is 0.167. The highest BCUT2D eigenvalue weighted by Crippen LogP contribution is 2.35. The third-order valence-corrected chi connectivity index (χ3v) is 7.55. The molecule has 1 fully saturated rings. The molecular weight excluding hydrogens is 463 g/mol. The lowest BCUT2D eigenvalue weighted by Gasteiger charge is -2.27. The summed E-state index contributed by atoms with van der Waals surface area (Å²) in [6, 6.07) is 16.3. The van der Waals surface area contributed by atoms with E-state index < -0.39 is 33.7 Å². The fourth-order valence-corrected chi connectivity index (χ4v) is 5.60. The Morgan fingerprint density at radius 3 is 2.38 bits per heavy atom. The van der Waals surface area contributed by atoms with Crippen molar-refractivity contribution in [3.05, 3.63) is 84.2 Å². The van der Waals surface area contributed by atoms with Crippen LogP contribution in [0.4, 0.5) is 10.1 Å². The van der Waals surface area contributed by atoms with E-state index >= 15 is 0 Å². The van der Waals surface area contributed by atoms with E-state index in [9.17, 15) is 22.4 Å². The summed E-state index contributed by atoms with van der Waals surface area (Å²) in [6.45, 7) is -0.109. The monoisotopic (exact) mass is 482 g/mol. The Morgan fingerprint density at radius 2 is 1.65 bits per heavy atom. The van der Waals surface area contributed by atoms with Gasteiger partial charge in [0.15, 0.2) is 11.5 Å². The minimum atomic E-state index is -4.16. The predicted octanol–water partition coefficient (Wildman–Crippen LogP) is 3.08. The lowest BCUT2D eigenvalue weighted by Crippen LogP contribution is -2.45. The number of halogens is 1. The third-order valence-electron chi connectivity index (χ3n) is 5.68. The van der Waals surface area contributed by atoms with Crippen LogP contribution in [0.1, 0.15) is 12.0 Å². The molecule has 0 spiro atoms. The summed E-state index contributed by atoms with van der Waals surface area (Å²) in [5.41, 5.74) is 0.739. The van der Waals surface area contributed by atoms with Gasteiger partial charge in [0.25, 0.3) is 5.91 Å². The summed E-state index contributed by atoms with van der Waals surface area (Å²) in [5, 5.41) is 0. The minimum absolute atomic E-state index is 0.00350. The van der Waals surface area contributed by atoms with E-state index in [1.807, 2.05) is 0 Å². The van der Waals surface area contributed by atoms with Crippen LogP contribution >= 0.6 is 0 Å². The molecule has 0 bridgehead atoms. The van der Waals surface area contributed by atoms with Crippen molar-refractivity contribution < 1.29 is 31.9 Å². The Hall–Kier alpha value is -3.76. The van der Waals surface area contributed by atoms with E-state index in [0.717, 1.165) is 21.3 Å². The van der Waals surface area contributed by atoms with Crippen LogP contribution in [-0.2, 0) is 26.2 Å². The van der Waals surface area contributed by atoms with Gasteiger partial charge in [-0.1, -0.05) is 24.3 Å². The Morgan fingerprint density at radius 1 is 0.941 bits per heavy atom. The first-order chi connectivity index (χ1) is 16.3. The van der Waals surface area contributed by atoms with Crippen LogP contribution in [0.15, 0.2) is 77.7 Å². The molecule has 2 aliphatic heterocycles. The van der Waals surface area contributed by atoms with Crippen LogP contribution < -0.4 is 14.4 Å². The summed E-state index contributed by atoms with van der Waals surface area (Å²) < 4.78 is 52.4. The second kappa shape index (κ2) is 8.54. The van der Waals surface area contributed by atoms with E-state index in [1.54, 1.807) is 36.4 Å². The van der Waals surface area contributed by atoms with Gasteiger partial charge in [-0.2, -0.15) is 4.31 Å². The van der Waals surface area contributed by atoms with Crippen molar-refractivity contribution in [2.45, 2.75) is 23.9 Å². The van der Waals surface area contributed by atoms with E-state index in [4.69, 9.17) is 9.47 Å². The van der Waals surface area contributed by atoms with Crippen molar-refractivity contribution in [3.63, 3.8) is 0 Å². The first kappa shape index (κ1) is 22.1. The number of nitrogens with zero attached hydrogens (tertiary/aromatic N) is 2. The van der Waals surface area contributed by atoms with Gasteiger partial charge in [0.2, 0.25) is 22.7 Å². The first-order valence-corrected chi connectivity index (χ1v) is 11.9. The lowest BCUT2D eigenvalue weighted by atomic mass is 10.1. The maximum Gasteiger partial charge on any atom is 0.252 e. The zero-order valence-electron chi connectivity index (χ0n) is 17.8. The summed E-state index contributed by atoms with van der Waals surface area (Å²) in [6.07, 6.45) is -0.340. The SMILES string of the molecule is O=C1CC(N(Cc2ccc3c(c2)OCO3)S(=O)(=O)c2ccccc2)C(=O)N1c1ccc(F)cc1. The largest absolute Gasteiger partial charge is 0.454 e. The molecule has 1 unspecified atom stereocenters. The summed E-state index contributed by atoms with van der Waals surface area (Å²) in [4.78, 5) is 27.1. The number of carbonyl (C=O) groups is 2. The summed E-state index contributed by atoms with van der Waals surface area (Å²) in [5.74, 6) is -0.778. The second-order valence-corrected chi connectivity index (χ2v) is 9.71. The van der Waals surface area contributed by atoms with Gasteiger partial charge in [-0.05, 0) is 54.1 Å². The highest BCUT2D eigenvalue weighted by atomic mass is 32.2. The molecule has 5 rings (SSSR count). The number of fused-ring (bicyclic) bond motifs is 1. The normalized spacial score (nSPS) is 17.6. The molecule has 3 aromatic carbocycles. The van der Waals surface area contributed by atoms with Gasteiger partial charge >= 0.3 is 0 Å². The maximum atomic E-state index is 13.6. The maximum absolute atomic E-state index is 13.6. The number of ether oxygens (including phenoxy) is 2. The molecule has 1 atom stereocenters. The Balaban J connectivity index is 1.53.